The van der Waals surface area contributed by atoms with Gasteiger partial charge in [0.15, 0.2) is 11.9 Å². The number of hydrogen-bond donors (Lipinski definition) is 0. The molecule has 0 radical (unpaired) electrons. The lowest BCUT2D eigenvalue weighted by Gasteiger charge is -2.06. The molecule has 0 aliphatic carbocycles. The van der Waals surface area contributed by atoms with Crippen LogP contribution in [0.2, 0.25) is 0 Å². The maximum Gasteiger partial charge on any atom is 0.306 e. The van der Waals surface area contributed by atoms with E-state index < -0.39 is 6.10 Å². The summed E-state index contributed by atoms with van der Waals surface area (Å²) in [6, 6.07) is 0. The molecule has 1 fully saturated rings. The van der Waals surface area contributed by atoms with Crippen molar-refractivity contribution in [2.75, 3.05) is 0 Å². The van der Waals surface area contributed by atoms with Gasteiger partial charge in [-0.1, -0.05) is 19.8 Å². The first kappa shape index (κ1) is 10.2. The highest BCUT2D eigenvalue weighted by atomic mass is 16.6. The van der Waals surface area contributed by atoms with E-state index in [2.05, 4.69) is 6.92 Å². The van der Waals surface area contributed by atoms with E-state index in [4.69, 9.17) is 4.74 Å². The lowest BCUT2D eigenvalue weighted by atomic mass is 10.1. The van der Waals surface area contributed by atoms with Crippen LogP contribution in [0.1, 0.15) is 45.4 Å². The molecular formula is C10H16O3. The second kappa shape index (κ2) is 5.00. The molecule has 74 valence electrons. The monoisotopic (exact) mass is 184 g/mol. The number of unbranched alkanes of at least 4 members (excludes halogenated alkanes) is 2. The Morgan fingerprint density at radius 3 is 2.85 bits per heavy atom. The van der Waals surface area contributed by atoms with E-state index in [9.17, 15) is 9.59 Å². The minimum atomic E-state index is -0.427. The number of rotatable bonds is 5. The maximum absolute atomic E-state index is 11.4. The van der Waals surface area contributed by atoms with Crippen molar-refractivity contribution in [2.45, 2.75) is 51.6 Å². The number of hydrogen-bond acceptors (Lipinski definition) is 3. The summed E-state index contributed by atoms with van der Waals surface area (Å²) in [6.45, 7) is 2.10. The highest BCUT2D eigenvalue weighted by molar-refractivity contribution is 5.87. The fourth-order valence-electron chi connectivity index (χ4n) is 1.46. The van der Waals surface area contributed by atoms with Crippen LogP contribution in [0.15, 0.2) is 0 Å². The van der Waals surface area contributed by atoms with Crippen molar-refractivity contribution >= 4 is 11.8 Å². The summed E-state index contributed by atoms with van der Waals surface area (Å²) in [5.41, 5.74) is 0. The van der Waals surface area contributed by atoms with E-state index in [-0.39, 0.29) is 11.8 Å². The van der Waals surface area contributed by atoms with E-state index in [0.29, 0.717) is 19.3 Å². The van der Waals surface area contributed by atoms with E-state index in [0.717, 1.165) is 19.3 Å². The zero-order valence-corrected chi connectivity index (χ0v) is 8.04. The normalized spacial score (nSPS) is 21.6. The summed E-state index contributed by atoms with van der Waals surface area (Å²) >= 11 is 0. The second-order valence-electron chi connectivity index (χ2n) is 3.44. The van der Waals surface area contributed by atoms with Gasteiger partial charge in [0.05, 0.1) is 0 Å². The van der Waals surface area contributed by atoms with Gasteiger partial charge in [0.2, 0.25) is 0 Å². The molecule has 0 aromatic carbocycles. The standard InChI is InChI=1S/C10H16O3/c1-2-3-4-5-8(11)9-6-7-10(12)13-9/h9H,2-7H2,1H3/t9-/m1/s1. The van der Waals surface area contributed by atoms with Crippen LogP contribution in [-0.2, 0) is 14.3 Å². The minimum absolute atomic E-state index is 0.0966. The average molecular weight is 184 g/mol. The summed E-state index contributed by atoms with van der Waals surface area (Å²) in [5.74, 6) is -0.131. The van der Waals surface area contributed by atoms with Crippen molar-refractivity contribution in [2.24, 2.45) is 0 Å². The second-order valence-corrected chi connectivity index (χ2v) is 3.44. The van der Waals surface area contributed by atoms with Crippen LogP contribution in [0, 0.1) is 0 Å². The number of ether oxygens (including phenoxy) is 1. The number of carbonyl (C=O) groups is 2. The lowest BCUT2D eigenvalue weighted by molar-refractivity contribution is -0.147. The third-order valence-electron chi connectivity index (χ3n) is 2.27. The third kappa shape index (κ3) is 3.17. The Morgan fingerprint density at radius 2 is 2.31 bits per heavy atom. The molecule has 0 spiro atoms. The smallest absolute Gasteiger partial charge is 0.306 e. The zero-order chi connectivity index (χ0) is 9.68. The molecule has 1 rings (SSSR count). The third-order valence-corrected chi connectivity index (χ3v) is 2.27. The van der Waals surface area contributed by atoms with Crippen LogP contribution < -0.4 is 0 Å². The molecule has 1 atom stereocenters. The van der Waals surface area contributed by atoms with Gasteiger partial charge in [-0.05, 0) is 6.42 Å². The van der Waals surface area contributed by atoms with Crippen molar-refractivity contribution in [3.63, 3.8) is 0 Å². The number of cyclic esters (lactones) is 1. The van der Waals surface area contributed by atoms with Gasteiger partial charge in [-0.25, -0.2) is 0 Å². The molecule has 0 aromatic heterocycles. The Labute approximate surface area is 78.5 Å². The van der Waals surface area contributed by atoms with Gasteiger partial charge < -0.3 is 4.74 Å². The highest BCUT2D eigenvalue weighted by Crippen LogP contribution is 2.16. The van der Waals surface area contributed by atoms with Gasteiger partial charge in [-0.15, -0.1) is 0 Å². The van der Waals surface area contributed by atoms with E-state index in [1.54, 1.807) is 0 Å². The lowest BCUT2D eigenvalue weighted by Crippen LogP contribution is -2.19. The molecule has 0 saturated carbocycles. The Kier molecular flexibility index (Phi) is 3.93. The quantitative estimate of drug-likeness (QED) is 0.483. The van der Waals surface area contributed by atoms with Gasteiger partial charge in [-0.2, -0.15) is 0 Å². The molecule has 1 aliphatic heterocycles. The molecular weight excluding hydrogens is 168 g/mol. The van der Waals surface area contributed by atoms with Gasteiger partial charge in [0, 0.05) is 19.3 Å². The van der Waals surface area contributed by atoms with Gasteiger partial charge in [-0.3, -0.25) is 9.59 Å². The highest BCUT2D eigenvalue weighted by Gasteiger charge is 2.28. The van der Waals surface area contributed by atoms with Crippen molar-refractivity contribution in [1.82, 2.24) is 0 Å². The van der Waals surface area contributed by atoms with Crippen LogP contribution in [0.5, 0.6) is 0 Å². The molecule has 1 aliphatic rings. The summed E-state index contributed by atoms with van der Waals surface area (Å²) in [7, 11) is 0. The van der Waals surface area contributed by atoms with Crippen molar-refractivity contribution in [3.8, 4) is 0 Å². The number of esters is 1. The predicted molar refractivity (Wildman–Crippen MR) is 48.3 cm³/mol. The molecule has 0 amide bonds. The van der Waals surface area contributed by atoms with Crippen molar-refractivity contribution < 1.29 is 14.3 Å². The van der Waals surface area contributed by atoms with Gasteiger partial charge in [0.25, 0.3) is 0 Å². The molecule has 0 bridgehead atoms. The van der Waals surface area contributed by atoms with E-state index in [1.807, 2.05) is 0 Å². The van der Waals surface area contributed by atoms with Gasteiger partial charge >= 0.3 is 5.97 Å². The fraction of sp³-hybridized carbons (Fsp3) is 0.800. The number of Topliss-reactive ketones (excluding diaryl/α,β-unsaturated/α-hetero) is 1. The Morgan fingerprint density at radius 1 is 1.54 bits per heavy atom. The molecule has 3 nitrogen and oxygen atoms in total. The summed E-state index contributed by atoms with van der Waals surface area (Å²) < 4.78 is 4.87. The first-order valence-corrected chi connectivity index (χ1v) is 4.96. The van der Waals surface area contributed by atoms with Crippen LogP contribution >= 0.6 is 0 Å². The topological polar surface area (TPSA) is 43.4 Å². The van der Waals surface area contributed by atoms with E-state index in [1.165, 1.54) is 0 Å². The van der Waals surface area contributed by atoms with Crippen molar-refractivity contribution in [1.29, 1.82) is 0 Å². The fourth-order valence-corrected chi connectivity index (χ4v) is 1.46. The molecule has 0 aromatic rings. The predicted octanol–water partition coefficient (Wildman–Crippen LogP) is 1.84. The molecule has 1 heterocycles. The Balaban J connectivity index is 2.20. The van der Waals surface area contributed by atoms with E-state index >= 15 is 0 Å². The minimum Gasteiger partial charge on any atom is -0.454 e. The first-order chi connectivity index (χ1) is 6.24. The Hall–Kier alpha value is -0.860. The summed E-state index contributed by atoms with van der Waals surface area (Å²) in [6.07, 6.45) is 4.23. The SMILES string of the molecule is CCCCCC(=O)[C@H]1CCC(=O)O1. The molecule has 3 heteroatoms. The number of ketones is 1. The number of carbonyl (C=O) groups excluding carboxylic acids is 2. The van der Waals surface area contributed by atoms with Crippen LogP contribution in [0.3, 0.4) is 0 Å². The summed E-state index contributed by atoms with van der Waals surface area (Å²) in [5, 5.41) is 0. The zero-order valence-electron chi connectivity index (χ0n) is 8.04. The van der Waals surface area contributed by atoms with Crippen LogP contribution in [-0.4, -0.2) is 17.9 Å². The molecule has 0 unspecified atom stereocenters. The molecule has 1 saturated heterocycles. The van der Waals surface area contributed by atoms with Crippen molar-refractivity contribution in [3.05, 3.63) is 0 Å². The largest absolute Gasteiger partial charge is 0.454 e. The van der Waals surface area contributed by atoms with Crippen LogP contribution in [0.4, 0.5) is 0 Å². The first-order valence-electron chi connectivity index (χ1n) is 4.96. The van der Waals surface area contributed by atoms with Gasteiger partial charge in [0.1, 0.15) is 0 Å². The maximum atomic E-state index is 11.4. The molecule has 0 N–H and O–H groups in total. The summed E-state index contributed by atoms with van der Waals surface area (Å²) in [4.78, 5) is 22.1. The molecule has 13 heavy (non-hydrogen) atoms. The Bertz CT molecular complexity index is 198. The van der Waals surface area contributed by atoms with Crippen LogP contribution in [0.25, 0.3) is 0 Å². The average Bonchev–Trinajstić information content (AvgIpc) is 2.52.